The minimum atomic E-state index is -0.697. The summed E-state index contributed by atoms with van der Waals surface area (Å²) in [5.74, 6) is -0.988. The summed E-state index contributed by atoms with van der Waals surface area (Å²) in [6, 6.07) is 12.3. The molecule has 0 bridgehead atoms. The van der Waals surface area contributed by atoms with Crippen molar-refractivity contribution in [3.05, 3.63) is 64.4 Å². The molecule has 0 aliphatic carbocycles. The van der Waals surface area contributed by atoms with Gasteiger partial charge in [0, 0.05) is 23.4 Å². The van der Waals surface area contributed by atoms with Crippen LogP contribution in [0.25, 0.3) is 0 Å². The van der Waals surface area contributed by atoms with E-state index in [1.54, 1.807) is 12.4 Å². The average molecular weight is 375 g/mol. The molecule has 23 heavy (non-hydrogen) atoms. The number of piperidine rings is 1. The van der Waals surface area contributed by atoms with Crippen LogP contribution in [0.15, 0.2) is 53.3 Å². The van der Waals surface area contributed by atoms with Crippen LogP contribution in [0.4, 0.5) is 0 Å². The van der Waals surface area contributed by atoms with E-state index in [-0.39, 0.29) is 12.0 Å². The van der Waals surface area contributed by atoms with E-state index in [0.29, 0.717) is 6.54 Å². The Balaban J connectivity index is 1.97. The number of rotatable bonds is 4. The smallest absolute Gasteiger partial charge is 0.307 e. The minimum absolute atomic E-state index is 0.0534. The van der Waals surface area contributed by atoms with Crippen LogP contribution in [0.5, 0.6) is 0 Å². The van der Waals surface area contributed by atoms with E-state index in [0.717, 1.165) is 35.0 Å². The molecule has 1 fully saturated rings. The van der Waals surface area contributed by atoms with Gasteiger partial charge in [0.2, 0.25) is 0 Å². The maximum atomic E-state index is 11.4. The second kappa shape index (κ2) is 7.23. The lowest BCUT2D eigenvalue weighted by Gasteiger charge is -2.37. The maximum absolute atomic E-state index is 11.4. The first-order valence-corrected chi connectivity index (χ1v) is 8.56. The van der Waals surface area contributed by atoms with E-state index in [1.807, 2.05) is 24.3 Å². The van der Waals surface area contributed by atoms with Crippen molar-refractivity contribution in [3.8, 4) is 0 Å². The van der Waals surface area contributed by atoms with Crippen LogP contribution in [0, 0.1) is 5.92 Å². The fourth-order valence-corrected chi connectivity index (χ4v) is 3.70. The van der Waals surface area contributed by atoms with Crippen LogP contribution < -0.4 is 0 Å². The van der Waals surface area contributed by atoms with Crippen LogP contribution in [0.3, 0.4) is 0 Å². The Morgan fingerprint density at radius 1 is 1.26 bits per heavy atom. The molecule has 3 rings (SSSR count). The first-order valence-electron chi connectivity index (χ1n) is 7.77. The number of carbonyl (C=O) groups is 1. The zero-order valence-corrected chi connectivity index (χ0v) is 14.3. The van der Waals surface area contributed by atoms with E-state index < -0.39 is 5.97 Å². The summed E-state index contributed by atoms with van der Waals surface area (Å²) in [6.45, 7) is 1.48. The quantitative estimate of drug-likeness (QED) is 0.885. The number of hydrogen-bond acceptors (Lipinski definition) is 3. The second-order valence-electron chi connectivity index (χ2n) is 5.91. The van der Waals surface area contributed by atoms with Gasteiger partial charge in [0.25, 0.3) is 0 Å². The van der Waals surface area contributed by atoms with Crippen molar-refractivity contribution in [1.82, 2.24) is 9.88 Å². The summed E-state index contributed by atoms with van der Waals surface area (Å²) in [7, 11) is 0. The van der Waals surface area contributed by atoms with Crippen molar-refractivity contribution in [2.75, 3.05) is 13.1 Å². The Kier molecular flexibility index (Phi) is 5.08. The number of nitrogens with zero attached hydrogens (tertiary/aromatic N) is 2. The molecule has 0 radical (unpaired) electrons. The van der Waals surface area contributed by atoms with E-state index >= 15 is 0 Å². The van der Waals surface area contributed by atoms with E-state index in [1.165, 1.54) is 0 Å². The third kappa shape index (κ3) is 3.79. The molecule has 1 saturated heterocycles. The lowest BCUT2D eigenvalue weighted by atomic mass is 9.92. The third-order valence-electron chi connectivity index (χ3n) is 4.35. The normalized spacial score (nSPS) is 20.1. The molecule has 5 heteroatoms. The summed E-state index contributed by atoms with van der Waals surface area (Å²) in [5.41, 5.74) is 2.31. The van der Waals surface area contributed by atoms with E-state index in [9.17, 15) is 9.90 Å². The maximum Gasteiger partial charge on any atom is 0.307 e. The summed E-state index contributed by atoms with van der Waals surface area (Å²) in [4.78, 5) is 17.8. The van der Waals surface area contributed by atoms with Gasteiger partial charge in [-0.2, -0.15) is 0 Å². The highest BCUT2D eigenvalue weighted by atomic mass is 79.9. The minimum Gasteiger partial charge on any atom is -0.481 e. The molecule has 4 nitrogen and oxygen atoms in total. The number of aromatic nitrogens is 1. The molecule has 2 heterocycles. The van der Waals surface area contributed by atoms with Gasteiger partial charge in [0.15, 0.2) is 0 Å². The van der Waals surface area contributed by atoms with Gasteiger partial charge in [-0.1, -0.05) is 28.1 Å². The highest BCUT2D eigenvalue weighted by molar-refractivity contribution is 9.10. The predicted molar refractivity (Wildman–Crippen MR) is 92.2 cm³/mol. The van der Waals surface area contributed by atoms with Crippen molar-refractivity contribution in [2.24, 2.45) is 5.92 Å². The zero-order chi connectivity index (χ0) is 16.2. The largest absolute Gasteiger partial charge is 0.481 e. The van der Waals surface area contributed by atoms with Gasteiger partial charge in [-0.15, -0.1) is 0 Å². The van der Waals surface area contributed by atoms with Gasteiger partial charge >= 0.3 is 5.97 Å². The predicted octanol–water partition coefficient (Wildman–Crippen LogP) is 3.73. The SMILES string of the molecule is O=C(O)C1CCCN(C(c2ccncc2)c2cccc(Br)c2)C1. The van der Waals surface area contributed by atoms with Crippen molar-refractivity contribution in [1.29, 1.82) is 0 Å². The Labute approximate surface area is 144 Å². The molecule has 1 aromatic carbocycles. The molecule has 0 saturated carbocycles. The topological polar surface area (TPSA) is 53.4 Å². The number of halogens is 1. The molecule has 2 atom stereocenters. The molecule has 2 aromatic rings. The fourth-order valence-electron chi connectivity index (χ4n) is 3.28. The molecule has 1 aromatic heterocycles. The first kappa shape index (κ1) is 16.1. The molecular weight excluding hydrogens is 356 g/mol. The van der Waals surface area contributed by atoms with Crippen LogP contribution in [-0.4, -0.2) is 34.0 Å². The molecule has 0 spiro atoms. The number of hydrogen-bond donors (Lipinski definition) is 1. The summed E-state index contributed by atoms with van der Waals surface area (Å²) < 4.78 is 1.03. The standard InChI is InChI=1S/C18H19BrN2O2/c19-16-5-1-3-14(11-16)17(13-6-8-20-9-7-13)21-10-2-4-15(12-21)18(22)23/h1,3,5-9,11,15,17H,2,4,10,12H2,(H,22,23). The summed E-state index contributed by atoms with van der Waals surface area (Å²) in [5, 5.41) is 9.38. The lowest BCUT2D eigenvalue weighted by Crippen LogP contribution is -2.41. The molecular formula is C18H19BrN2O2. The molecule has 1 N–H and O–H groups in total. The van der Waals surface area contributed by atoms with Crippen molar-refractivity contribution in [3.63, 3.8) is 0 Å². The van der Waals surface area contributed by atoms with Gasteiger partial charge < -0.3 is 5.11 Å². The number of pyridine rings is 1. The van der Waals surface area contributed by atoms with E-state index in [2.05, 4.69) is 37.9 Å². The molecule has 1 aliphatic rings. The Morgan fingerprint density at radius 2 is 2.04 bits per heavy atom. The fraction of sp³-hybridized carbons (Fsp3) is 0.333. The molecule has 1 aliphatic heterocycles. The van der Waals surface area contributed by atoms with Crippen LogP contribution in [0.1, 0.15) is 30.0 Å². The van der Waals surface area contributed by atoms with Crippen LogP contribution in [-0.2, 0) is 4.79 Å². The highest BCUT2D eigenvalue weighted by Crippen LogP contribution is 2.33. The average Bonchev–Trinajstić information content (AvgIpc) is 2.56. The summed E-state index contributed by atoms with van der Waals surface area (Å²) >= 11 is 3.54. The van der Waals surface area contributed by atoms with Crippen LogP contribution in [0.2, 0.25) is 0 Å². The van der Waals surface area contributed by atoms with Crippen molar-refractivity contribution < 1.29 is 9.90 Å². The Bertz CT molecular complexity index is 678. The molecule has 0 amide bonds. The number of aliphatic carboxylic acids is 1. The first-order chi connectivity index (χ1) is 11.1. The lowest BCUT2D eigenvalue weighted by molar-refractivity contribution is -0.143. The Morgan fingerprint density at radius 3 is 2.74 bits per heavy atom. The van der Waals surface area contributed by atoms with E-state index in [4.69, 9.17) is 0 Å². The van der Waals surface area contributed by atoms with Gasteiger partial charge in [0.05, 0.1) is 12.0 Å². The number of likely N-dealkylation sites (tertiary alicyclic amines) is 1. The van der Waals surface area contributed by atoms with Gasteiger partial charge in [0.1, 0.15) is 0 Å². The monoisotopic (exact) mass is 374 g/mol. The molecule has 2 unspecified atom stereocenters. The van der Waals surface area contributed by atoms with Gasteiger partial charge in [-0.25, -0.2) is 0 Å². The van der Waals surface area contributed by atoms with Crippen LogP contribution >= 0.6 is 15.9 Å². The number of carboxylic acids is 1. The number of carboxylic acid groups (broad SMARTS) is 1. The highest BCUT2D eigenvalue weighted by Gasteiger charge is 2.31. The van der Waals surface area contributed by atoms with Crippen molar-refractivity contribution >= 4 is 21.9 Å². The number of benzene rings is 1. The Hall–Kier alpha value is -1.72. The second-order valence-corrected chi connectivity index (χ2v) is 6.83. The van der Waals surface area contributed by atoms with Gasteiger partial charge in [-0.3, -0.25) is 14.7 Å². The molecule has 120 valence electrons. The van der Waals surface area contributed by atoms with Gasteiger partial charge in [-0.05, 0) is 54.8 Å². The zero-order valence-electron chi connectivity index (χ0n) is 12.7. The van der Waals surface area contributed by atoms with Crippen molar-refractivity contribution in [2.45, 2.75) is 18.9 Å². The third-order valence-corrected chi connectivity index (χ3v) is 4.85. The summed E-state index contributed by atoms with van der Waals surface area (Å²) in [6.07, 6.45) is 5.25.